The summed E-state index contributed by atoms with van der Waals surface area (Å²) in [5, 5.41) is 8.14. The van der Waals surface area contributed by atoms with E-state index in [9.17, 15) is 0 Å². The number of fused-ring (bicyclic) bond motifs is 1. The summed E-state index contributed by atoms with van der Waals surface area (Å²) in [6, 6.07) is 9.27. The van der Waals surface area contributed by atoms with Crippen LogP contribution < -0.4 is 19.7 Å². The van der Waals surface area contributed by atoms with Gasteiger partial charge in [0.15, 0.2) is 11.5 Å². The van der Waals surface area contributed by atoms with Crippen molar-refractivity contribution in [2.75, 3.05) is 24.8 Å². The van der Waals surface area contributed by atoms with Gasteiger partial charge in [0.2, 0.25) is 6.79 Å². The van der Waals surface area contributed by atoms with Gasteiger partial charge in [-0.15, -0.1) is 0 Å². The molecule has 1 saturated heterocycles. The summed E-state index contributed by atoms with van der Waals surface area (Å²) >= 11 is 0. The second kappa shape index (κ2) is 6.96. The summed E-state index contributed by atoms with van der Waals surface area (Å²) in [5.74, 6) is 1.71. The maximum atomic E-state index is 5.50. The standard InChI is InChI=1S/C19H26N4O2/c1-3-16(17-6-9-20-22(17)2)21-14-7-10-23(11-8-14)15-4-5-18-19(12-15)25-13-24-18/h4-6,9,12,14,16,21H,3,7-8,10-11,13H2,1-2H3/t16-/m1/s1. The van der Waals surface area contributed by atoms with Crippen LogP contribution >= 0.6 is 0 Å². The molecule has 1 fully saturated rings. The third kappa shape index (κ3) is 3.31. The van der Waals surface area contributed by atoms with Gasteiger partial charge < -0.3 is 19.7 Å². The predicted octanol–water partition coefficient (Wildman–Crippen LogP) is 2.86. The largest absolute Gasteiger partial charge is 0.454 e. The van der Waals surface area contributed by atoms with Gasteiger partial charge in [-0.1, -0.05) is 6.92 Å². The van der Waals surface area contributed by atoms with Crippen LogP contribution in [0.5, 0.6) is 11.5 Å². The quantitative estimate of drug-likeness (QED) is 0.905. The van der Waals surface area contributed by atoms with Crippen molar-refractivity contribution in [1.29, 1.82) is 0 Å². The molecular weight excluding hydrogens is 316 g/mol. The molecule has 0 aliphatic carbocycles. The highest BCUT2D eigenvalue weighted by Crippen LogP contribution is 2.36. The molecule has 134 valence electrons. The van der Waals surface area contributed by atoms with Gasteiger partial charge in [0.25, 0.3) is 0 Å². The van der Waals surface area contributed by atoms with Crippen molar-refractivity contribution >= 4 is 5.69 Å². The van der Waals surface area contributed by atoms with E-state index in [-0.39, 0.29) is 0 Å². The molecule has 1 atom stereocenters. The van der Waals surface area contributed by atoms with Gasteiger partial charge in [0.05, 0.1) is 5.69 Å². The number of anilines is 1. The fraction of sp³-hybridized carbons (Fsp3) is 0.526. The lowest BCUT2D eigenvalue weighted by atomic mass is 10.0. The summed E-state index contributed by atoms with van der Waals surface area (Å²) < 4.78 is 12.9. The topological polar surface area (TPSA) is 51.6 Å². The van der Waals surface area contributed by atoms with Crippen LogP contribution in [0.25, 0.3) is 0 Å². The Hall–Kier alpha value is -2.21. The number of nitrogens with zero attached hydrogens (tertiary/aromatic N) is 3. The first-order valence-electron chi connectivity index (χ1n) is 9.13. The van der Waals surface area contributed by atoms with Crippen molar-refractivity contribution in [3.05, 3.63) is 36.2 Å². The molecule has 2 aliphatic rings. The van der Waals surface area contributed by atoms with E-state index in [4.69, 9.17) is 9.47 Å². The molecule has 1 aromatic heterocycles. The van der Waals surface area contributed by atoms with Crippen molar-refractivity contribution < 1.29 is 9.47 Å². The van der Waals surface area contributed by atoms with Crippen LogP contribution in [0.4, 0.5) is 5.69 Å². The number of ether oxygens (including phenoxy) is 2. The lowest BCUT2D eigenvalue weighted by Crippen LogP contribution is -2.44. The Kier molecular flexibility index (Phi) is 4.53. The predicted molar refractivity (Wildman–Crippen MR) is 97.2 cm³/mol. The number of aryl methyl sites for hydroxylation is 1. The van der Waals surface area contributed by atoms with E-state index in [1.165, 1.54) is 11.4 Å². The molecule has 2 aliphatic heterocycles. The molecule has 1 aromatic carbocycles. The van der Waals surface area contributed by atoms with Crippen molar-refractivity contribution in [2.24, 2.45) is 7.05 Å². The summed E-state index contributed by atoms with van der Waals surface area (Å²) in [6.07, 6.45) is 5.23. The maximum absolute atomic E-state index is 5.50. The number of rotatable bonds is 5. The number of aromatic nitrogens is 2. The van der Waals surface area contributed by atoms with Crippen molar-refractivity contribution in [2.45, 2.75) is 38.3 Å². The Morgan fingerprint density at radius 2 is 2.00 bits per heavy atom. The van der Waals surface area contributed by atoms with Gasteiger partial charge >= 0.3 is 0 Å². The fourth-order valence-corrected chi connectivity index (χ4v) is 3.81. The van der Waals surface area contributed by atoms with E-state index >= 15 is 0 Å². The summed E-state index contributed by atoms with van der Waals surface area (Å²) in [4.78, 5) is 2.44. The lowest BCUT2D eigenvalue weighted by molar-refractivity contribution is 0.174. The Balaban J connectivity index is 1.36. The van der Waals surface area contributed by atoms with Crippen LogP contribution in [0.2, 0.25) is 0 Å². The normalized spacial score (nSPS) is 18.6. The van der Waals surface area contributed by atoms with E-state index in [0.717, 1.165) is 43.9 Å². The number of benzene rings is 1. The first-order valence-corrected chi connectivity index (χ1v) is 9.13. The highest BCUT2D eigenvalue weighted by molar-refractivity contribution is 5.57. The average Bonchev–Trinajstić information content (AvgIpc) is 3.28. The van der Waals surface area contributed by atoms with Crippen LogP contribution in [-0.2, 0) is 7.05 Å². The van der Waals surface area contributed by atoms with Gasteiger partial charge in [0.1, 0.15) is 0 Å². The number of hydrogen-bond acceptors (Lipinski definition) is 5. The van der Waals surface area contributed by atoms with E-state index in [1.54, 1.807) is 0 Å². The molecule has 6 nitrogen and oxygen atoms in total. The van der Waals surface area contributed by atoms with Gasteiger partial charge in [-0.25, -0.2) is 0 Å². The molecule has 0 bridgehead atoms. The minimum absolute atomic E-state index is 0.331. The third-order valence-electron chi connectivity index (χ3n) is 5.28. The van der Waals surface area contributed by atoms with Crippen molar-refractivity contribution in [1.82, 2.24) is 15.1 Å². The average molecular weight is 342 g/mol. The van der Waals surface area contributed by atoms with Crippen LogP contribution in [-0.4, -0.2) is 35.7 Å². The highest BCUT2D eigenvalue weighted by Gasteiger charge is 2.24. The molecule has 0 unspecified atom stereocenters. The molecule has 1 N–H and O–H groups in total. The van der Waals surface area contributed by atoms with Gasteiger partial charge in [-0.3, -0.25) is 4.68 Å². The molecule has 0 spiro atoms. The van der Waals surface area contributed by atoms with E-state index < -0.39 is 0 Å². The summed E-state index contributed by atoms with van der Waals surface area (Å²) in [6.45, 7) is 4.67. The van der Waals surface area contributed by atoms with Gasteiger partial charge in [-0.2, -0.15) is 5.10 Å². The molecule has 0 radical (unpaired) electrons. The fourth-order valence-electron chi connectivity index (χ4n) is 3.81. The zero-order chi connectivity index (χ0) is 17.2. The molecule has 2 aromatic rings. The maximum Gasteiger partial charge on any atom is 0.231 e. The molecular formula is C19H26N4O2. The van der Waals surface area contributed by atoms with Crippen molar-refractivity contribution in [3.63, 3.8) is 0 Å². The Morgan fingerprint density at radius 3 is 2.72 bits per heavy atom. The highest BCUT2D eigenvalue weighted by atomic mass is 16.7. The van der Waals surface area contributed by atoms with Gasteiger partial charge in [0, 0.05) is 50.2 Å². The molecule has 0 saturated carbocycles. The molecule has 4 rings (SSSR count). The zero-order valence-corrected chi connectivity index (χ0v) is 14.9. The Bertz CT molecular complexity index is 722. The third-order valence-corrected chi connectivity index (χ3v) is 5.28. The van der Waals surface area contributed by atoms with Gasteiger partial charge in [-0.05, 0) is 37.5 Å². The smallest absolute Gasteiger partial charge is 0.231 e. The van der Waals surface area contributed by atoms with E-state index in [2.05, 4.69) is 40.4 Å². The second-order valence-electron chi connectivity index (χ2n) is 6.81. The minimum Gasteiger partial charge on any atom is -0.454 e. The number of nitrogens with one attached hydrogen (secondary N) is 1. The lowest BCUT2D eigenvalue weighted by Gasteiger charge is -2.35. The van der Waals surface area contributed by atoms with Crippen LogP contribution in [0.3, 0.4) is 0 Å². The van der Waals surface area contributed by atoms with Crippen LogP contribution in [0, 0.1) is 0 Å². The molecule has 3 heterocycles. The summed E-state index contributed by atoms with van der Waals surface area (Å²) in [5.41, 5.74) is 2.49. The Labute approximate surface area is 148 Å². The first-order chi connectivity index (χ1) is 12.2. The number of hydrogen-bond donors (Lipinski definition) is 1. The molecule has 0 amide bonds. The molecule has 25 heavy (non-hydrogen) atoms. The molecule has 6 heteroatoms. The minimum atomic E-state index is 0.331. The van der Waals surface area contributed by atoms with Crippen molar-refractivity contribution in [3.8, 4) is 11.5 Å². The first kappa shape index (κ1) is 16.3. The van der Waals surface area contributed by atoms with E-state index in [1.807, 2.05) is 24.0 Å². The van der Waals surface area contributed by atoms with E-state index in [0.29, 0.717) is 18.9 Å². The van der Waals surface area contributed by atoms with Crippen LogP contribution in [0.1, 0.15) is 37.9 Å². The zero-order valence-electron chi connectivity index (χ0n) is 14.9. The number of piperidine rings is 1. The SMILES string of the molecule is CC[C@@H](NC1CCN(c2ccc3c(c2)OCO3)CC1)c1ccnn1C. The Morgan fingerprint density at radius 1 is 1.20 bits per heavy atom. The second-order valence-corrected chi connectivity index (χ2v) is 6.81. The monoisotopic (exact) mass is 342 g/mol. The van der Waals surface area contributed by atoms with Crippen LogP contribution in [0.15, 0.2) is 30.5 Å². The summed E-state index contributed by atoms with van der Waals surface area (Å²) in [7, 11) is 2.02.